The molecule has 0 bridgehead atoms. The van der Waals surface area contributed by atoms with Gasteiger partial charge in [0.15, 0.2) is 0 Å². The van der Waals surface area contributed by atoms with E-state index in [4.69, 9.17) is 16.3 Å². The quantitative estimate of drug-likeness (QED) is 0.422. The maximum atomic E-state index is 13.7. The number of halogens is 1. The summed E-state index contributed by atoms with van der Waals surface area (Å²) in [6.45, 7) is 1.65. The Labute approximate surface area is 210 Å². The van der Waals surface area contributed by atoms with Crippen molar-refractivity contribution in [3.63, 3.8) is 0 Å². The van der Waals surface area contributed by atoms with E-state index in [-0.39, 0.29) is 18.0 Å². The van der Waals surface area contributed by atoms with E-state index < -0.39 is 5.69 Å². The Morgan fingerprint density at radius 1 is 1.11 bits per heavy atom. The number of nitrogens with zero attached hydrogens (tertiary/aromatic N) is 2. The van der Waals surface area contributed by atoms with Crippen molar-refractivity contribution in [2.75, 3.05) is 12.4 Å². The topological polar surface area (TPSA) is 82.3 Å². The van der Waals surface area contributed by atoms with E-state index in [0.29, 0.717) is 32.4 Å². The van der Waals surface area contributed by atoms with Crippen LogP contribution >= 0.6 is 22.9 Å². The van der Waals surface area contributed by atoms with E-state index in [2.05, 4.69) is 5.32 Å². The Kier molecular flexibility index (Phi) is 6.25. The van der Waals surface area contributed by atoms with Crippen molar-refractivity contribution in [3.05, 3.63) is 84.3 Å². The molecule has 0 atom stereocenters. The maximum Gasteiger partial charge on any atom is 0.337 e. The van der Waals surface area contributed by atoms with Gasteiger partial charge in [-0.1, -0.05) is 17.7 Å². The summed E-state index contributed by atoms with van der Waals surface area (Å²) in [6, 6.07) is 12.0. The largest absolute Gasteiger partial charge is 0.497 e. The average Bonchev–Trinajstić information content (AvgIpc) is 3.24. The van der Waals surface area contributed by atoms with E-state index in [1.165, 1.54) is 15.9 Å². The highest BCUT2D eigenvalue weighted by Crippen LogP contribution is 2.34. The molecule has 2 aromatic carbocycles. The number of anilines is 1. The molecule has 1 aliphatic rings. The number of carbonyl (C=O) groups excluding carboxylic acids is 1. The summed E-state index contributed by atoms with van der Waals surface area (Å²) in [6.07, 6.45) is 3.71. The lowest BCUT2D eigenvalue weighted by Gasteiger charge is -2.14. The third-order valence-electron chi connectivity index (χ3n) is 6.32. The van der Waals surface area contributed by atoms with Gasteiger partial charge in [0.2, 0.25) is 5.91 Å². The third-order valence-corrected chi connectivity index (χ3v) is 8.05. The van der Waals surface area contributed by atoms with Gasteiger partial charge in [0.25, 0.3) is 5.56 Å². The Bertz CT molecular complexity index is 1570. The fraction of sp³-hybridized carbons (Fsp3) is 0.269. The number of ether oxygens (including phenoxy) is 1. The standard InChI is InChI=1S/C26H24ClN3O4S/c1-15-7-8-16(13-20(15)27)28-22(31)14-29-25-23(19-5-3-4-6-21(19)35-25)24(32)30(26(29)33)17-9-11-18(34-2)12-10-17/h7-13H,3-6,14H2,1-2H3,(H,28,31). The molecule has 4 aromatic rings. The summed E-state index contributed by atoms with van der Waals surface area (Å²) in [5.41, 5.74) is 1.97. The number of rotatable bonds is 5. The SMILES string of the molecule is COc1ccc(-n2c(=O)c3c4c(sc3n(CC(=O)Nc3ccc(C)c(Cl)c3)c2=O)CCCC4)cc1. The summed E-state index contributed by atoms with van der Waals surface area (Å²) in [4.78, 5) is 42.0. The molecule has 0 unspecified atom stereocenters. The van der Waals surface area contributed by atoms with Crippen LogP contribution in [0.4, 0.5) is 5.69 Å². The number of fused-ring (bicyclic) bond motifs is 3. The molecule has 0 radical (unpaired) electrons. The van der Waals surface area contributed by atoms with Crippen LogP contribution in [0.1, 0.15) is 28.8 Å². The first-order valence-corrected chi connectivity index (χ1v) is 12.6. The average molecular weight is 510 g/mol. The number of aromatic nitrogens is 2. The highest BCUT2D eigenvalue weighted by molar-refractivity contribution is 7.18. The highest BCUT2D eigenvalue weighted by Gasteiger charge is 2.25. The van der Waals surface area contributed by atoms with Gasteiger partial charge >= 0.3 is 5.69 Å². The molecule has 35 heavy (non-hydrogen) atoms. The smallest absolute Gasteiger partial charge is 0.337 e. The van der Waals surface area contributed by atoms with Gasteiger partial charge in [-0.2, -0.15) is 0 Å². The van der Waals surface area contributed by atoms with Crippen molar-refractivity contribution >= 4 is 44.7 Å². The Hall–Kier alpha value is -3.36. The van der Waals surface area contributed by atoms with E-state index in [1.807, 2.05) is 13.0 Å². The van der Waals surface area contributed by atoms with Crippen LogP contribution in [0.25, 0.3) is 15.9 Å². The first-order valence-electron chi connectivity index (χ1n) is 11.4. The van der Waals surface area contributed by atoms with Crippen LogP contribution < -0.4 is 21.3 Å². The predicted molar refractivity (Wildman–Crippen MR) is 140 cm³/mol. The molecular formula is C26H24ClN3O4S. The number of methoxy groups -OCH3 is 1. The molecule has 1 N–H and O–H groups in total. The lowest BCUT2D eigenvalue weighted by atomic mass is 9.97. The van der Waals surface area contributed by atoms with Crippen LogP contribution in [0, 0.1) is 6.92 Å². The minimum atomic E-state index is -0.552. The highest BCUT2D eigenvalue weighted by atomic mass is 35.5. The van der Waals surface area contributed by atoms with E-state index >= 15 is 0 Å². The molecular weight excluding hydrogens is 486 g/mol. The van der Waals surface area contributed by atoms with Gasteiger partial charge in [0.1, 0.15) is 17.1 Å². The van der Waals surface area contributed by atoms with Gasteiger partial charge < -0.3 is 10.1 Å². The van der Waals surface area contributed by atoms with E-state index in [9.17, 15) is 14.4 Å². The van der Waals surface area contributed by atoms with Crippen LogP contribution in [0.3, 0.4) is 0 Å². The lowest BCUT2D eigenvalue weighted by Crippen LogP contribution is -2.40. The molecule has 0 saturated heterocycles. The number of thiophene rings is 1. The van der Waals surface area contributed by atoms with Crippen molar-refractivity contribution in [2.24, 2.45) is 0 Å². The number of nitrogens with one attached hydrogen (secondary N) is 1. The second kappa shape index (κ2) is 9.36. The second-order valence-electron chi connectivity index (χ2n) is 8.61. The van der Waals surface area contributed by atoms with Crippen molar-refractivity contribution in [1.29, 1.82) is 0 Å². The van der Waals surface area contributed by atoms with Crippen molar-refractivity contribution in [2.45, 2.75) is 39.2 Å². The zero-order valence-electron chi connectivity index (χ0n) is 19.4. The van der Waals surface area contributed by atoms with Gasteiger partial charge in [-0.3, -0.25) is 14.2 Å². The predicted octanol–water partition coefficient (Wildman–Crippen LogP) is 4.70. The number of carbonyl (C=O) groups is 1. The van der Waals surface area contributed by atoms with E-state index in [1.54, 1.807) is 43.5 Å². The molecule has 1 aliphatic carbocycles. The minimum absolute atomic E-state index is 0.226. The van der Waals surface area contributed by atoms with Gasteiger partial charge in [0.05, 0.1) is 18.2 Å². The summed E-state index contributed by atoms with van der Waals surface area (Å²) in [7, 11) is 1.55. The van der Waals surface area contributed by atoms with Crippen LogP contribution in [-0.4, -0.2) is 22.2 Å². The molecule has 0 spiro atoms. The van der Waals surface area contributed by atoms with Crippen LogP contribution in [0.2, 0.25) is 5.02 Å². The molecule has 0 fully saturated rings. The number of hydrogen-bond acceptors (Lipinski definition) is 5. The molecule has 0 aliphatic heterocycles. The summed E-state index contributed by atoms with van der Waals surface area (Å²) in [5, 5.41) is 3.90. The first kappa shape index (κ1) is 23.4. The Morgan fingerprint density at radius 3 is 2.57 bits per heavy atom. The zero-order valence-corrected chi connectivity index (χ0v) is 21.0. The monoisotopic (exact) mass is 509 g/mol. The summed E-state index contributed by atoms with van der Waals surface area (Å²) < 4.78 is 7.78. The molecule has 2 heterocycles. The normalized spacial score (nSPS) is 13.0. The fourth-order valence-corrected chi connectivity index (χ4v) is 6.03. The molecule has 1 amide bonds. The molecule has 0 saturated carbocycles. The fourth-order valence-electron chi connectivity index (χ4n) is 4.48. The second-order valence-corrected chi connectivity index (χ2v) is 10.1. The van der Waals surface area contributed by atoms with Crippen LogP contribution in [0.5, 0.6) is 5.75 Å². The first-order chi connectivity index (χ1) is 16.9. The van der Waals surface area contributed by atoms with Crippen molar-refractivity contribution < 1.29 is 9.53 Å². The van der Waals surface area contributed by atoms with Gasteiger partial charge in [-0.05, 0) is 80.1 Å². The Morgan fingerprint density at radius 2 is 1.86 bits per heavy atom. The van der Waals surface area contributed by atoms with E-state index in [0.717, 1.165) is 46.3 Å². The number of aryl methyl sites for hydroxylation is 3. The Balaban J connectivity index is 1.64. The molecule has 2 aromatic heterocycles. The minimum Gasteiger partial charge on any atom is -0.497 e. The maximum absolute atomic E-state index is 13.7. The molecule has 9 heteroatoms. The number of hydrogen-bond donors (Lipinski definition) is 1. The lowest BCUT2D eigenvalue weighted by molar-refractivity contribution is -0.116. The van der Waals surface area contributed by atoms with Gasteiger partial charge in [0, 0.05) is 15.6 Å². The molecule has 5 rings (SSSR count). The summed E-state index contributed by atoms with van der Waals surface area (Å²) >= 11 is 7.64. The van der Waals surface area contributed by atoms with Crippen molar-refractivity contribution in [3.8, 4) is 11.4 Å². The van der Waals surface area contributed by atoms with Gasteiger partial charge in [-0.15, -0.1) is 11.3 Å². The third kappa shape index (κ3) is 4.28. The van der Waals surface area contributed by atoms with Crippen molar-refractivity contribution in [1.82, 2.24) is 9.13 Å². The number of amides is 1. The summed E-state index contributed by atoms with van der Waals surface area (Å²) in [5.74, 6) is 0.242. The zero-order chi connectivity index (χ0) is 24.7. The number of benzene rings is 2. The molecule has 7 nitrogen and oxygen atoms in total. The van der Waals surface area contributed by atoms with Gasteiger partial charge in [-0.25, -0.2) is 9.36 Å². The molecule has 180 valence electrons. The van der Waals surface area contributed by atoms with Crippen LogP contribution in [0.15, 0.2) is 52.1 Å². The van der Waals surface area contributed by atoms with Crippen LogP contribution in [-0.2, 0) is 24.2 Å².